The summed E-state index contributed by atoms with van der Waals surface area (Å²) in [6.07, 6.45) is 1.64. The van der Waals surface area contributed by atoms with E-state index in [9.17, 15) is 10.1 Å². The van der Waals surface area contributed by atoms with E-state index in [2.05, 4.69) is 31.9 Å². The number of hydrogen-bond acceptors (Lipinski definition) is 7. The number of benzene rings is 1. The van der Waals surface area contributed by atoms with Crippen molar-refractivity contribution >= 4 is 16.9 Å². The lowest BCUT2D eigenvalue weighted by molar-refractivity contribution is -0.386. The van der Waals surface area contributed by atoms with Crippen LogP contribution in [0.5, 0.6) is 5.88 Å². The maximum absolute atomic E-state index is 11.2. The molecule has 0 N–H and O–H groups in total. The molecule has 0 amide bonds. The molecule has 3 aromatic heterocycles. The average molecular weight is 414 g/mol. The second-order valence-corrected chi connectivity index (χ2v) is 6.69. The lowest BCUT2D eigenvalue weighted by atomic mass is 10.2. The highest BCUT2D eigenvalue weighted by Gasteiger charge is 2.21. The summed E-state index contributed by atoms with van der Waals surface area (Å²) in [6, 6.07) is 13.1. The molecule has 3 heterocycles. The van der Waals surface area contributed by atoms with Crippen LogP contribution in [0.3, 0.4) is 0 Å². The highest BCUT2D eigenvalue weighted by Crippen LogP contribution is 2.22. The van der Waals surface area contributed by atoms with Gasteiger partial charge in [-0.25, -0.2) is 15.0 Å². The molecule has 0 fully saturated rings. The largest absolute Gasteiger partial charge is 0.474 e. The number of pyridine rings is 1. The fourth-order valence-electron chi connectivity index (χ4n) is 3.11. The summed E-state index contributed by atoms with van der Waals surface area (Å²) in [5.41, 5.74) is 3.13. The number of hydrogen-bond donors (Lipinski definition) is 0. The molecule has 9 heteroatoms. The van der Waals surface area contributed by atoms with Gasteiger partial charge in [-0.3, -0.25) is 14.8 Å². The van der Waals surface area contributed by atoms with Gasteiger partial charge in [-0.1, -0.05) is 24.1 Å². The first-order valence-electron chi connectivity index (χ1n) is 9.54. The van der Waals surface area contributed by atoms with Gasteiger partial charge >= 0.3 is 5.69 Å². The molecule has 4 aromatic rings. The number of aromatic nitrogens is 5. The van der Waals surface area contributed by atoms with E-state index < -0.39 is 4.92 Å². The van der Waals surface area contributed by atoms with Gasteiger partial charge in [0.05, 0.1) is 11.5 Å². The second-order valence-electron chi connectivity index (χ2n) is 6.69. The van der Waals surface area contributed by atoms with Gasteiger partial charge in [0.15, 0.2) is 11.3 Å². The number of ether oxygens (including phenoxy) is 1. The Labute approximate surface area is 177 Å². The van der Waals surface area contributed by atoms with E-state index in [4.69, 9.17) is 4.74 Å². The molecule has 0 aliphatic heterocycles. The average Bonchev–Trinajstić information content (AvgIpc) is 3.06. The Bertz CT molecular complexity index is 1320. The summed E-state index contributed by atoms with van der Waals surface area (Å²) in [5, 5.41) is 15.4. The molecule has 0 atom stereocenters. The van der Waals surface area contributed by atoms with Crippen molar-refractivity contribution in [2.45, 2.75) is 20.4 Å². The Morgan fingerprint density at radius 3 is 2.65 bits per heavy atom. The zero-order valence-electron chi connectivity index (χ0n) is 16.9. The van der Waals surface area contributed by atoms with Crippen molar-refractivity contribution in [1.29, 1.82) is 0 Å². The van der Waals surface area contributed by atoms with Crippen LogP contribution >= 0.6 is 0 Å². The van der Waals surface area contributed by atoms with Gasteiger partial charge < -0.3 is 4.74 Å². The summed E-state index contributed by atoms with van der Waals surface area (Å²) < 4.78 is 7.42. The zero-order valence-corrected chi connectivity index (χ0v) is 16.9. The molecule has 0 radical (unpaired) electrons. The molecule has 31 heavy (non-hydrogen) atoms. The maximum Gasteiger partial charge on any atom is 0.312 e. The van der Waals surface area contributed by atoms with Crippen molar-refractivity contribution in [3.05, 3.63) is 81.4 Å². The smallest absolute Gasteiger partial charge is 0.312 e. The highest BCUT2D eigenvalue weighted by atomic mass is 16.6. The Morgan fingerprint density at radius 2 is 1.90 bits per heavy atom. The van der Waals surface area contributed by atoms with Crippen LogP contribution in [0.2, 0.25) is 0 Å². The fraction of sp³-hybridized carbons (Fsp3) is 0.182. The summed E-state index contributed by atoms with van der Waals surface area (Å²) in [5.74, 6) is 6.34. The van der Waals surface area contributed by atoms with Crippen LogP contribution in [0.25, 0.3) is 11.2 Å². The van der Waals surface area contributed by atoms with Gasteiger partial charge in [0.2, 0.25) is 5.88 Å². The first-order chi connectivity index (χ1) is 15.0. The fourth-order valence-corrected chi connectivity index (χ4v) is 3.11. The molecule has 0 aliphatic rings. The van der Waals surface area contributed by atoms with E-state index in [1.165, 1.54) is 0 Å². The molecular formula is C22H18N6O3. The third-order valence-electron chi connectivity index (χ3n) is 4.58. The highest BCUT2D eigenvalue weighted by molar-refractivity contribution is 5.71. The third kappa shape index (κ3) is 4.33. The van der Waals surface area contributed by atoms with Gasteiger partial charge in [-0.2, -0.15) is 5.10 Å². The number of nitrogens with zero attached hydrogens (tertiary/aromatic N) is 6. The van der Waals surface area contributed by atoms with Crippen LogP contribution < -0.4 is 4.74 Å². The Kier molecular flexibility index (Phi) is 5.53. The minimum atomic E-state index is -0.423. The molecule has 154 valence electrons. The lowest BCUT2D eigenvalue weighted by Crippen LogP contribution is -2.12. The van der Waals surface area contributed by atoms with Crippen LogP contribution in [0.15, 0.2) is 48.7 Å². The number of aryl methyl sites for hydroxylation is 1. The van der Waals surface area contributed by atoms with Gasteiger partial charge in [-0.05, 0) is 44.0 Å². The third-order valence-corrected chi connectivity index (χ3v) is 4.58. The van der Waals surface area contributed by atoms with Crippen molar-refractivity contribution in [1.82, 2.24) is 24.7 Å². The topological polar surface area (TPSA) is 109 Å². The standard InChI is InChI=1S/C22H18N6O3/c1-15-20(28(29)30)16(2)27(26-15)13-14-31-22-19(11-10-17-7-4-3-5-8-17)24-21-18(25-22)9-6-12-23-21/h3-9,12H,13-14H2,1-2H3. The molecule has 0 unspecified atom stereocenters. The minimum Gasteiger partial charge on any atom is -0.474 e. The lowest BCUT2D eigenvalue weighted by Gasteiger charge is -2.08. The molecule has 0 spiro atoms. The van der Waals surface area contributed by atoms with Crippen molar-refractivity contribution in [2.24, 2.45) is 0 Å². The van der Waals surface area contributed by atoms with Crippen molar-refractivity contribution in [2.75, 3.05) is 6.61 Å². The molecule has 0 bridgehead atoms. The van der Waals surface area contributed by atoms with Gasteiger partial charge in [0.25, 0.3) is 0 Å². The molecule has 4 rings (SSSR count). The minimum absolute atomic E-state index is 0.0194. The van der Waals surface area contributed by atoms with Crippen LogP contribution in [0.4, 0.5) is 5.69 Å². The molecule has 0 saturated heterocycles. The van der Waals surface area contributed by atoms with Crippen LogP contribution in [0, 0.1) is 35.8 Å². The first-order valence-corrected chi connectivity index (χ1v) is 9.54. The van der Waals surface area contributed by atoms with E-state index in [0.717, 1.165) is 5.56 Å². The monoisotopic (exact) mass is 414 g/mol. The van der Waals surface area contributed by atoms with Crippen molar-refractivity contribution in [3.63, 3.8) is 0 Å². The summed E-state index contributed by atoms with van der Waals surface area (Å²) in [6.45, 7) is 3.79. The predicted octanol–water partition coefficient (Wildman–Crippen LogP) is 3.23. The summed E-state index contributed by atoms with van der Waals surface area (Å²) in [7, 11) is 0. The molecule has 0 saturated carbocycles. The molecule has 0 aliphatic carbocycles. The normalized spacial score (nSPS) is 10.5. The Balaban J connectivity index is 1.60. The Morgan fingerprint density at radius 1 is 1.10 bits per heavy atom. The van der Waals surface area contributed by atoms with E-state index >= 15 is 0 Å². The van der Waals surface area contributed by atoms with Gasteiger partial charge in [0.1, 0.15) is 23.5 Å². The number of fused-ring (bicyclic) bond motifs is 1. The molecule has 1 aromatic carbocycles. The second kappa shape index (κ2) is 8.59. The number of nitro groups is 1. The number of rotatable bonds is 5. The van der Waals surface area contributed by atoms with E-state index in [-0.39, 0.29) is 18.2 Å². The summed E-state index contributed by atoms with van der Waals surface area (Å²) in [4.78, 5) is 24.0. The van der Waals surface area contributed by atoms with E-state index in [1.807, 2.05) is 30.3 Å². The quantitative estimate of drug-likeness (QED) is 0.280. The van der Waals surface area contributed by atoms with E-state index in [1.54, 1.807) is 36.9 Å². The van der Waals surface area contributed by atoms with Gasteiger partial charge in [0, 0.05) is 11.8 Å². The molecule has 9 nitrogen and oxygen atoms in total. The zero-order chi connectivity index (χ0) is 21.8. The van der Waals surface area contributed by atoms with Crippen LogP contribution in [0.1, 0.15) is 22.6 Å². The van der Waals surface area contributed by atoms with Crippen molar-refractivity contribution in [3.8, 4) is 17.7 Å². The van der Waals surface area contributed by atoms with Gasteiger partial charge in [-0.15, -0.1) is 0 Å². The maximum atomic E-state index is 11.2. The van der Waals surface area contributed by atoms with Crippen LogP contribution in [-0.2, 0) is 6.54 Å². The summed E-state index contributed by atoms with van der Waals surface area (Å²) >= 11 is 0. The van der Waals surface area contributed by atoms with Crippen LogP contribution in [-0.4, -0.2) is 36.3 Å². The van der Waals surface area contributed by atoms with Crippen molar-refractivity contribution < 1.29 is 9.66 Å². The predicted molar refractivity (Wildman–Crippen MR) is 114 cm³/mol. The SMILES string of the molecule is Cc1nn(CCOc2nc3cccnc3nc2C#Cc2ccccc2)c(C)c1[N+](=O)[O-]. The van der Waals surface area contributed by atoms with E-state index in [0.29, 0.717) is 34.8 Å². The molecular weight excluding hydrogens is 396 g/mol. The Hall–Kier alpha value is -4.32. The first kappa shape index (κ1) is 20.0.